The lowest BCUT2D eigenvalue weighted by molar-refractivity contribution is -0.137. The molecule has 84 valence electrons. The first-order valence-corrected chi connectivity index (χ1v) is 5.25. The number of hydrogen-bond acceptors (Lipinski definition) is 3. The molecule has 0 aliphatic rings. The lowest BCUT2D eigenvalue weighted by Gasteiger charge is -2.20. The maximum Gasteiger partial charge on any atom is 0.304 e. The number of unbranched alkanes of at least 4 members (excludes halogenated alkanes) is 1. The van der Waals surface area contributed by atoms with E-state index < -0.39 is 5.97 Å². The number of carboxylic acid groups (broad SMARTS) is 1. The molecule has 0 aromatic rings. The van der Waals surface area contributed by atoms with E-state index in [9.17, 15) is 4.79 Å². The molecular formula is C10H21NO3. The highest BCUT2D eigenvalue weighted by Gasteiger charge is 2.06. The van der Waals surface area contributed by atoms with Gasteiger partial charge in [0.1, 0.15) is 0 Å². The number of aliphatic hydroxyl groups is 1. The molecule has 0 saturated carbocycles. The van der Waals surface area contributed by atoms with E-state index in [0.717, 1.165) is 32.4 Å². The van der Waals surface area contributed by atoms with Crippen LogP contribution in [0, 0.1) is 0 Å². The fourth-order valence-corrected chi connectivity index (χ4v) is 1.27. The molecule has 0 radical (unpaired) electrons. The highest BCUT2D eigenvalue weighted by Crippen LogP contribution is 1.98. The summed E-state index contributed by atoms with van der Waals surface area (Å²) in [5, 5.41) is 17.2. The minimum Gasteiger partial charge on any atom is -0.481 e. The van der Waals surface area contributed by atoms with Crippen molar-refractivity contribution < 1.29 is 15.0 Å². The van der Waals surface area contributed by atoms with Gasteiger partial charge in [0.25, 0.3) is 0 Å². The van der Waals surface area contributed by atoms with Gasteiger partial charge in [-0.15, -0.1) is 0 Å². The van der Waals surface area contributed by atoms with E-state index in [-0.39, 0.29) is 13.0 Å². The fraction of sp³-hybridized carbons (Fsp3) is 0.900. The maximum atomic E-state index is 10.4. The van der Waals surface area contributed by atoms with Gasteiger partial charge in [0.2, 0.25) is 0 Å². The van der Waals surface area contributed by atoms with Gasteiger partial charge in [0.15, 0.2) is 0 Å². The third-order valence-electron chi connectivity index (χ3n) is 2.10. The molecule has 0 amide bonds. The van der Waals surface area contributed by atoms with Gasteiger partial charge in [-0.3, -0.25) is 4.79 Å². The second-order valence-electron chi connectivity index (χ2n) is 3.42. The molecule has 0 bridgehead atoms. The number of rotatable bonds is 9. The number of hydrogen-bond donors (Lipinski definition) is 2. The van der Waals surface area contributed by atoms with E-state index in [4.69, 9.17) is 10.2 Å². The van der Waals surface area contributed by atoms with Crippen LogP contribution in [0.2, 0.25) is 0 Å². The average Bonchev–Trinajstić information content (AvgIpc) is 2.16. The van der Waals surface area contributed by atoms with Gasteiger partial charge in [-0.1, -0.05) is 13.3 Å². The largest absolute Gasteiger partial charge is 0.481 e. The second kappa shape index (κ2) is 8.97. The monoisotopic (exact) mass is 203 g/mol. The molecule has 0 aromatic heterocycles. The van der Waals surface area contributed by atoms with Crippen LogP contribution >= 0.6 is 0 Å². The Morgan fingerprint density at radius 2 is 1.86 bits per heavy atom. The van der Waals surface area contributed by atoms with Crippen molar-refractivity contribution in [3.8, 4) is 0 Å². The molecule has 0 heterocycles. The Morgan fingerprint density at radius 1 is 1.21 bits per heavy atom. The first-order chi connectivity index (χ1) is 6.70. The van der Waals surface area contributed by atoms with Gasteiger partial charge in [-0.05, 0) is 19.4 Å². The summed E-state index contributed by atoms with van der Waals surface area (Å²) in [7, 11) is 0. The van der Waals surface area contributed by atoms with Gasteiger partial charge in [0, 0.05) is 19.7 Å². The van der Waals surface area contributed by atoms with E-state index >= 15 is 0 Å². The van der Waals surface area contributed by atoms with Gasteiger partial charge < -0.3 is 15.1 Å². The molecule has 14 heavy (non-hydrogen) atoms. The van der Waals surface area contributed by atoms with Crippen molar-refractivity contribution in [2.24, 2.45) is 0 Å². The maximum absolute atomic E-state index is 10.4. The highest BCUT2D eigenvalue weighted by molar-refractivity contribution is 5.66. The zero-order chi connectivity index (χ0) is 10.8. The molecule has 0 atom stereocenters. The Balaban J connectivity index is 3.65. The van der Waals surface area contributed by atoms with Gasteiger partial charge in [-0.2, -0.15) is 0 Å². The van der Waals surface area contributed by atoms with Crippen molar-refractivity contribution in [3.05, 3.63) is 0 Å². The van der Waals surface area contributed by atoms with E-state index in [2.05, 4.69) is 11.8 Å². The Labute approximate surface area is 85.5 Å². The van der Waals surface area contributed by atoms with Crippen molar-refractivity contribution in [1.29, 1.82) is 0 Å². The SMILES string of the molecule is CCCCN(CCCO)CCC(=O)O. The smallest absolute Gasteiger partial charge is 0.304 e. The summed E-state index contributed by atoms with van der Waals surface area (Å²) in [5.41, 5.74) is 0. The van der Waals surface area contributed by atoms with Crippen molar-refractivity contribution >= 4 is 5.97 Å². The summed E-state index contributed by atoms with van der Waals surface area (Å²) >= 11 is 0. The molecule has 0 aliphatic heterocycles. The Hall–Kier alpha value is -0.610. The molecule has 2 N–H and O–H groups in total. The highest BCUT2D eigenvalue weighted by atomic mass is 16.4. The van der Waals surface area contributed by atoms with E-state index in [1.165, 1.54) is 0 Å². The number of aliphatic carboxylic acids is 1. The van der Waals surface area contributed by atoms with Crippen LogP contribution in [0.4, 0.5) is 0 Å². The number of nitrogens with zero attached hydrogens (tertiary/aromatic N) is 1. The number of carboxylic acids is 1. The second-order valence-corrected chi connectivity index (χ2v) is 3.42. The van der Waals surface area contributed by atoms with Gasteiger partial charge in [-0.25, -0.2) is 0 Å². The summed E-state index contributed by atoms with van der Waals surface area (Å²) in [4.78, 5) is 12.5. The normalized spacial score (nSPS) is 10.8. The molecule has 0 aromatic carbocycles. The van der Waals surface area contributed by atoms with Crippen molar-refractivity contribution in [2.75, 3.05) is 26.2 Å². The number of aliphatic hydroxyl groups excluding tert-OH is 1. The minimum absolute atomic E-state index is 0.176. The standard InChI is InChI=1S/C10H21NO3/c1-2-3-6-11(7-4-9-12)8-5-10(13)14/h12H,2-9H2,1H3,(H,13,14). The molecule has 0 aliphatic carbocycles. The van der Waals surface area contributed by atoms with Crippen molar-refractivity contribution in [2.45, 2.75) is 32.6 Å². The lowest BCUT2D eigenvalue weighted by Crippen LogP contribution is -2.29. The molecule has 0 spiro atoms. The van der Waals surface area contributed by atoms with Crippen LogP contribution in [-0.2, 0) is 4.79 Å². The first-order valence-electron chi connectivity index (χ1n) is 5.25. The fourth-order valence-electron chi connectivity index (χ4n) is 1.27. The van der Waals surface area contributed by atoms with Crippen LogP contribution in [0.1, 0.15) is 32.6 Å². The van der Waals surface area contributed by atoms with Crippen LogP contribution < -0.4 is 0 Å². The van der Waals surface area contributed by atoms with Crippen LogP contribution in [0.15, 0.2) is 0 Å². The van der Waals surface area contributed by atoms with Crippen molar-refractivity contribution in [3.63, 3.8) is 0 Å². The Kier molecular flexibility index (Phi) is 8.57. The first kappa shape index (κ1) is 13.4. The van der Waals surface area contributed by atoms with Crippen molar-refractivity contribution in [1.82, 2.24) is 4.90 Å². The molecule has 4 heteroatoms. The zero-order valence-corrected chi connectivity index (χ0v) is 8.91. The average molecular weight is 203 g/mol. The van der Waals surface area contributed by atoms with Crippen LogP contribution in [0.25, 0.3) is 0 Å². The van der Waals surface area contributed by atoms with E-state index in [0.29, 0.717) is 6.54 Å². The summed E-state index contributed by atoms with van der Waals surface area (Å²) < 4.78 is 0. The summed E-state index contributed by atoms with van der Waals surface area (Å²) in [6, 6.07) is 0. The third-order valence-corrected chi connectivity index (χ3v) is 2.10. The van der Waals surface area contributed by atoms with Crippen LogP contribution in [0.3, 0.4) is 0 Å². The topological polar surface area (TPSA) is 60.8 Å². The molecular weight excluding hydrogens is 182 g/mol. The Bertz CT molecular complexity index is 142. The van der Waals surface area contributed by atoms with E-state index in [1.54, 1.807) is 0 Å². The minimum atomic E-state index is -0.754. The third kappa shape index (κ3) is 8.01. The number of carbonyl (C=O) groups is 1. The van der Waals surface area contributed by atoms with Crippen LogP contribution in [0.5, 0.6) is 0 Å². The van der Waals surface area contributed by atoms with Crippen LogP contribution in [-0.4, -0.2) is 47.3 Å². The summed E-state index contributed by atoms with van der Waals surface area (Å²) in [5.74, 6) is -0.754. The predicted octanol–water partition coefficient (Wildman–Crippen LogP) is 0.946. The van der Waals surface area contributed by atoms with Gasteiger partial charge in [0.05, 0.1) is 6.42 Å². The molecule has 4 nitrogen and oxygen atoms in total. The molecule has 0 unspecified atom stereocenters. The van der Waals surface area contributed by atoms with Gasteiger partial charge >= 0.3 is 5.97 Å². The molecule has 0 rings (SSSR count). The molecule has 0 fully saturated rings. The zero-order valence-electron chi connectivity index (χ0n) is 8.91. The predicted molar refractivity (Wildman–Crippen MR) is 55.3 cm³/mol. The lowest BCUT2D eigenvalue weighted by atomic mass is 10.2. The van der Waals surface area contributed by atoms with E-state index in [1.807, 2.05) is 0 Å². The summed E-state index contributed by atoms with van der Waals surface area (Å²) in [6.45, 7) is 4.61. The summed E-state index contributed by atoms with van der Waals surface area (Å²) in [6.07, 6.45) is 3.12. The Morgan fingerprint density at radius 3 is 2.36 bits per heavy atom. The quantitative estimate of drug-likeness (QED) is 0.585. The molecule has 0 saturated heterocycles.